The molecule has 124 valence electrons. The minimum atomic E-state index is -0.842. The van der Waals surface area contributed by atoms with Crippen LogP contribution in [0.5, 0.6) is 0 Å². The van der Waals surface area contributed by atoms with Gasteiger partial charge < -0.3 is 10.1 Å². The number of rotatable bonds is 5. The van der Waals surface area contributed by atoms with Crippen LogP contribution in [0, 0.1) is 6.92 Å². The average Bonchev–Trinajstić information content (AvgIpc) is 2.89. The first-order valence-corrected chi connectivity index (χ1v) is 8.30. The number of halogens is 2. The molecule has 0 fully saturated rings. The zero-order valence-corrected chi connectivity index (χ0v) is 14.5. The molecule has 1 atom stereocenters. The van der Waals surface area contributed by atoms with E-state index in [1.54, 1.807) is 18.2 Å². The number of aliphatic carboxylic acids is 1. The first-order chi connectivity index (χ1) is 11.4. The molecule has 0 aliphatic rings. The number of aromatic nitrogens is 2. The van der Waals surface area contributed by atoms with Crippen LogP contribution in [-0.4, -0.2) is 21.0 Å². The summed E-state index contributed by atoms with van der Waals surface area (Å²) in [6.45, 7) is 1.96. The van der Waals surface area contributed by atoms with E-state index in [0.29, 0.717) is 16.5 Å². The number of carboxylic acid groups (broad SMARTS) is 1. The van der Waals surface area contributed by atoms with Gasteiger partial charge in [-0.05, 0) is 42.3 Å². The van der Waals surface area contributed by atoms with Crippen molar-refractivity contribution in [3.8, 4) is 0 Å². The number of hydrogen-bond acceptors (Lipinski definition) is 2. The number of aryl methyl sites for hydroxylation is 1. The molecule has 0 radical (unpaired) electrons. The molecule has 6 heteroatoms. The van der Waals surface area contributed by atoms with Crippen molar-refractivity contribution < 1.29 is 9.90 Å². The van der Waals surface area contributed by atoms with Crippen molar-refractivity contribution in [2.75, 3.05) is 0 Å². The quantitative estimate of drug-likeness (QED) is 0.672. The van der Waals surface area contributed by atoms with Crippen LogP contribution in [0.1, 0.15) is 29.3 Å². The first kappa shape index (κ1) is 16.8. The molecule has 0 saturated heterocycles. The summed E-state index contributed by atoms with van der Waals surface area (Å²) >= 11 is 12.0. The summed E-state index contributed by atoms with van der Waals surface area (Å²) in [5.41, 5.74) is 3.66. The summed E-state index contributed by atoms with van der Waals surface area (Å²) in [5.74, 6) is -0.280. The van der Waals surface area contributed by atoms with Gasteiger partial charge in [0.15, 0.2) is 0 Å². The van der Waals surface area contributed by atoms with Gasteiger partial charge in [0.25, 0.3) is 0 Å². The van der Waals surface area contributed by atoms with Gasteiger partial charge in [0.2, 0.25) is 0 Å². The van der Waals surface area contributed by atoms with Crippen molar-refractivity contribution >= 4 is 40.2 Å². The highest BCUT2D eigenvalue weighted by molar-refractivity contribution is 6.31. The minimum Gasteiger partial charge on any atom is -0.481 e. The van der Waals surface area contributed by atoms with Gasteiger partial charge in [-0.2, -0.15) is 0 Å². The molecule has 1 aromatic heterocycles. The number of nitrogens with zero attached hydrogens (tertiary/aromatic N) is 1. The molecule has 24 heavy (non-hydrogen) atoms. The number of benzene rings is 2. The smallest absolute Gasteiger partial charge is 0.303 e. The van der Waals surface area contributed by atoms with Crippen molar-refractivity contribution in [1.82, 2.24) is 9.97 Å². The molecular formula is C18H16Cl2N2O2. The number of H-pyrrole nitrogens is 1. The number of fused-ring (bicyclic) bond motifs is 1. The fourth-order valence-electron chi connectivity index (χ4n) is 2.88. The molecule has 1 unspecified atom stereocenters. The van der Waals surface area contributed by atoms with Crippen LogP contribution in [0.4, 0.5) is 0 Å². The van der Waals surface area contributed by atoms with Crippen molar-refractivity contribution in [3.63, 3.8) is 0 Å². The van der Waals surface area contributed by atoms with Gasteiger partial charge in [0.1, 0.15) is 5.82 Å². The Labute approximate surface area is 149 Å². The second-order valence-electron chi connectivity index (χ2n) is 5.85. The maximum absolute atomic E-state index is 11.2. The maximum Gasteiger partial charge on any atom is 0.303 e. The van der Waals surface area contributed by atoms with E-state index >= 15 is 0 Å². The van der Waals surface area contributed by atoms with Crippen LogP contribution >= 0.6 is 23.2 Å². The van der Waals surface area contributed by atoms with E-state index in [4.69, 9.17) is 23.2 Å². The second kappa shape index (κ2) is 6.83. The summed E-state index contributed by atoms with van der Waals surface area (Å²) in [5, 5.41) is 10.5. The van der Waals surface area contributed by atoms with E-state index in [9.17, 15) is 9.90 Å². The molecule has 4 nitrogen and oxygen atoms in total. The SMILES string of the molecule is Cc1cc(Cl)cc2nc(CC(CC(=O)O)c3ccc(Cl)cc3)[nH]c12. The Hall–Kier alpha value is -2.04. The fraction of sp³-hybridized carbons (Fsp3) is 0.222. The van der Waals surface area contributed by atoms with Gasteiger partial charge in [0.05, 0.1) is 17.5 Å². The third kappa shape index (κ3) is 3.71. The Bertz CT molecular complexity index is 888. The molecule has 0 amide bonds. The van der Waals surface area contributed by atoms with Crippen LogP contribution in [0.3, 0.4) is 0 Å². The Morgan fingerprint density at radius 2 is 1.92 bits per heavy atom. The van der Waals surface area contributed by atoms with Crippen molar-refractivity contribution in [2.45, 2.75) is 25.7 Å². The maximum atomic E-state index is 11.2. The third-order valence-electron chi connectivity index (χ3n) is 4.01. The molecule has 2 aromatic carbocycles. The van der Waals surface area contributed by atoms with Crippen LogP contribution in [0.25, 0.3) is 11.0 Å². The zero-order valence-electron chi connectivity index (χ0n) is 13.0. The Morgan fingerprint density at radius 1 is 1.21 bits per heavy atom. The predicted octanol–water partition coefficient (Wildman–Crippen LogP) is 4.98. The number of carbonyl (C=O) groups is 1. The van der Waals surface area contributed by atoms with Crippen molar-refractivity contribution in [1.29, 1.82) is 0 Å². The van der Waals surface area contributed by atoms with E-state index < -0.39 is 5.97 Å². The lowest BCUT2D eigenvalue weighted by atomic mass is 9.92. The van der Waals surface area contributed by atoms with Crippen LogP contribution in [-0.2, 0) is 11.2 Å². The highest BCUT2D eigenvalue weighted by atomic mass is 35.5. The molecule has 0 aliphatic carbocycles. The molecule has 0 spiro atoms. The predicted molar refractivity (Wildman–Crippen MR) is 96.0 cm³/mol. The van der Waals surface area contributed by atoms with Crippen LogP contribution in [0.15, 0.2) is 36.4 Å². The minimum absolute atomic E-state index is 0.0262. The van der Waals surface area contributed by atoms with E-state index in [1.807, 2.05) is 25.1 Å². The molecular weight excluding hydrogens is 347 g/mol. The highest BCUT2D eigenvalue weighted by Crippen LogP contribution is 2.27. The monoisotopic (exact) mass is 362 g/mol. The Balaban J connectivity index is 1.93. The third-order valence-corrected chi connectivity index (χ3v) is 4.48. The normalized spacial score (nSPS) is 12.5. The number of nitrogens with one attached hydrogen (secondary N) is 1. The van der Waals surface area contributed by atoms with Crippen LogP contribution in [0.2, 0.25) is 10.0 Å². The van der Waals surface area contributed by atoms with E-state index in [0.717, 1.165) is 28.0 Å². The molecule has 0 saturated carbocycles. The first-order valence-electron chi connectivity index (χ1n) is 7.54. The number of hydrogen-bond donors (Lipinski definition) is 2. The zero-order chi connectivity index (χ0) is 17.3. The van der Waals surface area contributed by atoms with Gasteiger partial charge >= 0.3 is 5.97 Å². The van der Waals surface area contributed by atoms with Gasteiger partial charge in [-0.3, -0.25) is 4.79 Å². The average molecular weight is 363 g/mol. The fourth-order valence-corrected chi connectivity index (χ4v) is 3.27. The van der Waals surface area contributed by atoms with E-state index in [-0.39, 0.29) is 12.3 Å². The summed E-state index contributed by atoms with van der Waals surface area (Å²) in [6.07, 6.45) is 0.526. The lowest BCUT2D eigenvalue weighted by molar-refractivity contribution is -0.137. The number of imidazole rings is 1. The highest BCUT2D eigenvalue weighted by Gasteiger charge is 2.19. The van der Waals surface area contributed by atoms with Gasteiger partial charge in [-0.25, -0.2) is 4.98 Å². The molecule has 3 rings (SSSR count). The van der Waals surface area contributed by atoms with Gasteiger partial charge in [0, 0.05) is 22.4 Å². The largest absolute Gasteiger partial charge is 0.481 e. The van der Waals surface area contributed by atoms with Gasteiger partial charge in [-0.15, -0.1) is 0 Å². The lowest BCUT2D eigenvalue weighted by Crippen LogP contribution is -2.10. The van der Waals surface area contributed by atoms with Crippen molar-refractivity contribution in [3.05, 3.63) is 63.4 Å². The molecule has 1 heterocycles. The molecule has 0 bridgehead atoms. The Kier molecular flexibility index (Phi) is 4.78. The van der Waals surface area contributed by atoms with E-state index in [2.05, 4.69) is 9.97 Å². The molecule has 2 N–H and O–H groups in total. The molecule has 3 aromatic rings. The standard InChI is InChI=1S/C18H16Cl2N2O2/c1-10-6-14(20)9-15-18(10)22-16(21-15)7-12(8-17(23)24)11-2-4-13(19)5-3-11/h2-6,9,12H,7-8H2,1H3,(H,21,22)(H,23,24). The van der Waals surface area contributed by atoms with Gasteiger partial charge in [-0.1, -0.05) is 35.3 Å². The summed E-state index contributed by atoms with van der Waals surface area (Å²) in [6, 6.07) is 10.9. The van der Waals surface area contributed by atoms with E-state index in [1.165, 1.54) is 0 Å². The van der Waals surface area contributed by atoms with Crippen molar-refractivity contribution in [2.24, 2.45) is 0 Å². The second-order valence-corrected chi connectivity index (χ2v) is 6.72. The van der Waals surface area contributed by atoms with Crippen LogP contribution < -0.4 is 0 Å². The molecule has 0 aliphatic heterocycles. The lowest BCUT2D eigenvalue weighted by Gasteiger charge is -2.14. The number of aromatic amines is 1. The Morgan fingerprint density at radius 3 is 2.58 bits per heavy atom. The summed E-state index contributed by atoms with van der Waals surface area (Å²) in [7, 11) is 0. The summed E-state index contributed by atoms with van der Waals surface area (Å²) in [4.78, 5) is 19.1. The topological polar surface area (TPSA) is 66.0 Å². The summed E-state index contributed by atoms with van der Waals surface area (Å²) < 4.78 is 0. The number of carboxylic acids is 1.